The number of hydrogen-bond donors (Lipinski definition) is 2. The summed E-state index contributed by atoms with van der Waals surface area (Å²) in [6.07, 6.45) is 5.41. The van der Waals surface area contributed by atoms with Crippen molar-refractivity contribution in [1.29, 1.82) is 5.26 Å². The molecule has 1 aliphatic rings. The second-order valence-electron chi connectivity index (χ2n) is 6.96. The van der Waals surface area contributed by atoms with Crippen LogP contribution in [0.1, 0.15) is 30.0 Å². The van der Waals surface area contributed by atoms with Gasteiger partial charge in [0, 0.05) is 36.6 Å². The predicted octanol–water partition coefficient (Wildman–Crippen LogP) is 4.49. The van der Waals surface area contributed by atoms with E-state index in [9.17, 15) is 4.79 Å². The average Bonchev–Trinajstić information content (AvgIpc) is 3.31. The van der Waals surface area contributed by atoms with Crippen molar-refractivity contribution in [3.05, 3.63) is 72.3 Å². The van der Waals surface area contributed by atoms with E-state index in [1.807, 2.05) is 23.2 Å². The Labute approximate surface area is 169 Å². The van der Waals surface area contributed by atoms with Gasteiger partial charge in [-0.3, -0.25) is 0 Å². The fraction of sp³-hybridized carbons (Fsp3) is 0.227. The molecule has 0 spiro atoms. The minimum absolute atomic E-state index is 0.0891. The van der Waals surface area contributed by atoms with Gasteiger partial charge in [-0.25, -0.2) is 9.78 Å². The van der Waals surface area contributed by atoms with Gasteiger partial charge in [0.15, 0.2) is 0 Å². The maximum Gasteiger partial charge on any atom is 0.321 e. The number of hydrogen-bond acceptors (Lipinski definition) is 4. The number of nitrogens with zero attached hydrogens (tertiary/aromatic N) is 3. The number of nitrogens with one attached hydrogen (secondary N) is 2. The Morgan fingerprint density at radius 2 is 1.76 bits per heavy atom. The molecule has 0 aliphatic carbocycles. The van der Waals surface area contributed by atoms with Gasteiger partial charge in [0.1, 0.15) is 11.5 Å². The topological polar surface area (TPSA) is 94.0 Å². The van der Waals surface area contributed by atoms with Gasteiger partial charge in [0.2, 0.25) is 0 Å². The number of piperidine rings is 1. The molecule has 2 heterocycles. The molecule has 7 nitrogen and oxygen atoms in total. The highest BCUT2D eigenvalue weighted by molar-refractivity contribution is 5.89. The Bertz CT molecular complexity index is 983. The van der Waals surface area contributed by atoms with Crippen LogP contribution < -0.4 is 10.1 Å². The number of urea groups is 1. The molecule has 2 aromatic carbocycles. The van der Waals surface area contributed by atoms with Gasteiger partial charge in [0.25, 0.3) is 0 Å². The first-order valence-corrected chi connectivity index (χ1v) is 9.53. The van der Waals surface area contributed by atoms with Crippen LogP contribution in [0.3, 0.4) is 0 Å². The number of benzene rings is 2. The van der Waals surface area contributed by atoms with Gasteiger partial charge < -0.3 is 19.9 Å². The number of carbonyl (C=O) groups is 1. The van der Waals surface area contributed by atoms with E-state index < -0.39 is 0 Å². The van der Waals surface area contributed by atoms with Crippen molar-refractivity contribution in [3.8, 4) is 17.6 Å². The average molecular weight is 387 g/mol. The van der Waals surface area contributed by atoms with Gasteiger partial charge in [-0.2, -0.15) is 5.26 Å². The molecule has 0 saturated carbocycles. The summed E-state index contributed by atoms with van der Waals surface area (Å²) in [6, 6.07) is 16.1. The van der Waals surface area contributed by atoms with Crippen molar-refractivity contribution in [2.75, 3.05) is 18.4 Å². The number of rotatable bonds is 4. The maximum absolute atomic E-state index is 12.5. The van der Waals surface area contributed by atoms with Crippen LogP contribution in [0.2, 0.25) is 0 Å². The summed E-state index contributed by atoms with van der Waals surface area (Å²) >= 11 is 0. The molecule has 1 fully saturated rings. The quantitative estimate of drug-likeness (QED) is 0.690. The van der Waals surface area contributed by atoms with E-state index in [0.29, 0.717) is 23.0 Å². The number of H-pyrrole nitrogens is 1. The molecule has 4 rings (SSSR count). The molecular weight excluding hydrogens is 366 g/mol. The fourth-order valence-corrected chi connectivity index (χ4v) is 3.43. The molecule has 2 N–H and O–H groups in total. The molecule has 7 heteroatoms. The number of aromatic amines is 1. The number of ether oxygens (including phenoxy) is 1. The third-order valence-corrected chi connectivity index (χ3v) is 5.07. The highest BCUT2D eigenvalue weighted by Crippen LogP contribution is 2.27. The molecule has 0 bridgehead atoms. The summed E-state index contributed by atoms with van der Waals surface area (Å²) < 4.78 is 5.76. The Morgan fingerprint density at radius 3 is 2.34 bits per heavy atom. The molecule has 29 heavy (non-hydrogen) atoms. The summed E-state index contributed by atoms with van der Waals surface area (Å²) in [5, 5.41) is 11.8. The summed E-state index contributed by atoms with van der Waals surface area (Å²) in [4.78, 5) is 21.6. The third kappa shape index (κ3) is 4.55. The lowest BCUT2D eigenvalue weighted by atomic mass is 9.94. The number of amides is 2. The standard InChI is InChI=1S/C22H21N5O2/c23-13-16-1-5-19(6-2-16)29-20-7-3-18(4-8-20)26-22(28)27-11-9-17(10-12-27)21-14-24-15-25-21/h1-8,14-15,17H,9-12H2,(H,24,25)(H,26,28). The Hall–Kier alpha value is -3.79. The van der Waals surface area contributed by atoms with E-state index in [2.05, 4.69) is 21.4 Å². The van der Waals surface area contributed by atoms with Crippen molar-refractivity contribution in [2.45, 2.75) is 18.8 Å². The first-order valence-electron chi connectivity index (χ1n) is 9.53. The van der Waals surface area contributed by atoms with Crippen LogP contribution in [0.5, 0.6) is 11.5 Å². The second-order valence-corrected chi connectivity index (χ2v) is 6.96. The summed E-state index contributed by atoms with van der Waals surface area (Å²) in [7, 11) is 0. The molecule has 2 amide bonds. The minimum Gasteiger partial charge on any atom is -0.457 e. The van der Waals surface area contributed by atoms with Crippen molar-refractivity contribution in [3.63, 3.8) is 0 Å². The zero-order valence-corrected chi connectivity index (χ0v) is 15.8. The van der Waals surface area contributed by atoms with Gasteiger partial charge in [-0.05, 0) is 61.4 Å². The molecule has 3 aromatic rings. The first kappa shape index (κ1) is 18.6. The lowest BCUT2D eigenvalue weighted by Gasteiger charge is -2.31. The Kier molecular flexibility index (Phi) is 5.43. The smallest absolute Gasteiger partial charge is 0.321 e. The summed E-state index contributed by atoms with van der Waals surface area (Å²) in [5.41, 5.74) is 2.45. The monoisotopic (exact) mass is 387 g/mol. The molecule has 0 atom stereocenters. The van der Waals surface area contributed by atoms with Crippen molar-refractivity contribution in [2.24, 2.45) is 0 Å². The van der Waals surface area contributed by atoms with Crippen LogP contribution in [-0.2, 0) is 0 Å². The highest BCUT2D eigenvalue weighted by Gasteiger charge is 2.24. The number of imidazole rings is 1. The van der Waals surface area contributed by atoms with Crippen molar-refractivity contribution >= 4 is 11.7 Å². The van der Waals surface area contributed by atoms with Crippen LogP contribution >= 0.6 is 0 Å². The summed E-state index contributed by atoms with van der Waals surface area (Å²) in [6.45, 7) is 1.44. The minimum atomic E-state index is -0.0891. The van der Waals surface area contributed by atoms with Gasteiger partial charge >= 0.3 is 6.03 Å². The van der Waals surface area contributed by atoms with E-state index in [1.54, 1.807) is 42.7 Å². The van der Waals surface area contributed by atoms with E-state index in [0.717, 1.165) is 37.3 Å². The lowest BCUT2D eigenvalue weighted by Crippen LogP contribution is -2.40. The van der Waals surface area contributed by atoms with E-state index >= 15 is 0 Å². The van der Waals surface area contributed by atoms with E-state index in [4.69, 9.17) is 10.00 Å². The van der Waals surface area contributed by atoms with Gasteiger partial charge in [-0.15, -0.1) is 0 Å². The first-order chi connectivity index (χ1) is 14.2. The zero-order chi connectivity index (χ0) is 20.1. The van der Waals surface area contributed by atoms with Crippen molar-refractivity contribution < 1.29 is 9.53 Å². The number of carbonyl (C=O) groups excluding carboxylic acids is 1. The second kappa shape index (κ2) is 8.48. The molecule has 1 aromatic heterocycles. The van der Waals surface area contributed by atoms with Crippen molar-refractivity contribution in [1.82, 2.24) is 14.9 Å². The number of nitriles is 1. The van der Waals surface area contributed by atoms with Gasteiger partial charge in [0.05, 0.1) is 18.0 Å². The lowest BCUT2D eigenvalue weighted by molar-refractivity contribution is 0.194. The fourth-order valence-electron chi connectivity index (χ4n) is 3.43. The van der Waals surface area contributed by atoms with E-state index in [-0.39, 0.29) is 6.03 Å². The summed E-state index contributed by atoms with van der Waals surface area (Å²) in [5.74, 6) is 1.74. The normalized spacial score (nSPS) is 14.2. The third-order valence-electron chi connectivity index (χ3n) is 5.07. The Balaban J connectivity index is 1.29. The highest BCUT2D eigenvalue weighted by atomic mass is 16.5. The number of anilines is 1. The number of aromatic nitrogens is 2. The molecule has 1 aliphatic heterocycles. The number of likely N-dealkylation sites (tertiary alicyclic amines) is 1. The SMILES string of the molecule is N#Cc1ccc(Oc2ccc(NC(=O)N3CCC(c4cnc[nH]4)CC3)cc2)cc1. The molecule has 0 unspecified atom stereocenters. The van der Waals surface area contributed by atoms with E-state index in [1.165, 1.54) is 0 Å². The molecular formula is C22H21N5O2. The van der Waals surface area contributed by atoms with Gasteiger partial charge in [-0.1, -0.05) is 0 Å². The van der Waals surface area contributed by atoms with Crippen LogP contribution in [0, 0.1) is 11.3 Å². The van der Waals surface area contributed by atoms with Crippen LogP contribution in [-0.4, -0.2) is 34.0 Å². The van der Waals surface area contributed by atoms with Crippen LogP contribution in [0.15, 0.2) is 61.1 Å². The molecule has 1 saturated heterocycles. The molecule has 146 valence electrons. The maximum atomic E-state index is 12.5. The Morgan fingerprint density at radius 1 is 1.10 bits per heavy atom. The molecule has 0 radical (unpaired) electrons. The zero-order valence-electron chi connectivity index (χ0n) is 15.8. The van der Waals surface area contributed by atoms with Crippen LogP contribution in [0.4, 0.5) is 10.5 Å². The predicted molar refractivity (Wildman–Crippen MR) is 109 cm³/mol. The largest absolute Gasteiger partial charge is 0.457 e. The van der Waals surface area contributed by atoms with Crippen LogP contribution in [0.25, 0.3) is 0 Å².